The second-order valence-electron chi connectivity index (χ2n) is 4.28. The van der Waals surface area contributed by atoms with E-state index < -0.39 is 4.92 Å². The number of non-ortho nitro benzene ring substituents is 1. The van der Waals surface area contributed by atoms with Gasteiger partial charge in [-0.15, -0.1) is 0 Å². The Hall–Kier alpha value is -2.13. The second-order valence-corrected chi connectivity index (χ2v) is 4.28. The molecule has 1 aromatic rings. The van der Waals surface area contributed by atoms with E-state index in [1.165, 1.54) is 18.2 Å². The summed E-state index contributed by atoms with van der Waals surface area (Å²) >= 11 is 0. The number of hydrogen-bond donors (Lipinski definition) is 0. The molecule has 20 heavy (non-hydrogen) atoms. The smallest absolute Gasteiger partial charge is 0.273 e. The molecule has 0 aromatic heterocycles. The van der Waals surface area contributed by atoms with Gasteiger partial charge >= 0.3 is 0 Å². The molecule has 1 aromatic carbocycles. The molecule has 108 valence electrons. The molecule has 0 aliphatic carbocycles. The van der Waals surface area contributed by atoms with E-state index in [1.807, 2.05) is 6.07 Å². The van der Waals surface area contributed by atoms with Crippen LogP contribution in [0.4, 0.5) is 5.69 Å². The van der Waals surface area contributed by atoms with Crippen molar-refractivity contribution in [2.24, 2.45) is 0 Å². The average molecular weight is 277 g/mol. The van der Waals surface area contributed by atoms with Gasteiger partial charge in [0.15, 0.2) is 0 Å². The van der Waals surface area contributed by atoms with Crippen molar-refractivity contribution in [1.29, 1.82) is 5.26 Å². The number of nitro groups is 1. The molecule has 6 nitrogen and oxygen atoms in total. The van der Waals surface area contributed by atoms with Crippen molar-refractivity contribution >= 4 is 5.69 Å². The Balaban J connectivity index is 2.60. The Morgan fingerprint density at radius 3 is 2.65 bits per heavy atom. The Kier molecular flexibility index (Phi) is 6.47. The second kappa shape index (κ2) is 8.12. The normalized spacial score (nSPS) is 10.3. The van der Waals surface area contributed by atoms with Crippen LogP contribution in [0.15, 0.2) is 18.2 Å². The first-order valence-electron chi connectivity index (χ1n) is 6.66. The summed E-state index contributed by atoms with van der Waals surface area (Å²) in [6.45, 7) is 7.50. The van der Waals surface area contributed by atoms with Crippen LogP contribution in [0.2, 0.25) is 0 Å². The maximum atomic E-state index is 10.7. The molecule has 6 heteroatoms. The van der Waals surface area contributed by atoms with Gasteiger partial charge in [0.2, 0.25) is 0 Å². The number of nitriles is 1. The third-order valence-electron chi connectivity index (χ3n) is 3.07. The molecule has 0 heterocycles. The van der Waals surface area contributed by atoms with Crippen molar-refractivity contribution in [3.05, 3.63) is 33.9 Å². The van der Waals surface area contributed by atoms with E-state index >= 15 is 0 Å². The number of benzene rings is 1. The van der Waals surface area contributed by atoms with Crippen LogP contribution in [-0.4, -0.2) is 36.1 Å². The van der Waals surface area contributed by atoms with E-state index in [0.29, 0.717) is 12.2 Å². The average Bonchev–Trinajstić information content (AvgIpc) is 2.47. The zero-order valence-electron chi connectivity index (χ0n) is 11.8. The van der Waals surface area contributed by atoms with Crippen LogP contribution < -0.4 is 4.74 Å². The molecule has 0 N–H and O–H groups in total. The van der Waals surface area contributed by atoms with E-state index in [-0.39, 0.29) is 11.4 Å². The maximum absolute atomic E-state index is 10.7. The van der Waals surface area contributed by atoms with E-state index in [2.05, 4.69) is 18.7 Å². The largest absolute Gasteiger partial charge is 0.492 e. The highest BCUT2D eigenvalue weighted by Gasteiger charge is 2.11. The molecular formula is C14H19N3O3. The lowest BCUT2D eigenvalue weighted by atomic mass is 10.2. The third-order valence-corrected chi connectivity index (χ3v) is 3.07. The monoisotopic (exact) mass is 277 g/mol. The Bertz CT molecular complexity index is 493. The molecule has 0 saturated carbocycles. The van der Waals surface area contributed by atoms with Crippen molar-refractivity contribution in [3.8, 4) is 11.8 Å². The molecule has 0 saturated heterocycles. The summed E-state index contributed by atoms with van der Waals surface area (Å²) in [4.78, 5) is 12.5. The fourth-order valence-corrected chi connectivity index (χ4v) is 1.85. The number of nitrogens with zero attached hydrogens (tertiary/aromatic N) is 3. The van der Waals surface area contributed by atoms with E-state index in [1.54, 1.807) is 0 Å². The summed E-state index contributed by atoms with van der Waals surface area (Å²) in [5.74, 6) is 0.279. The van der Waals surface area contributed by atoms with Gasteiger partial charge in [-0.05, 0) is 25.6 Å². The van der Waals surface area contributed by atoms with Crippen LogP contribution >= 0.6 is 0 Å². The SMILES string of the molecule is CCN(CC)CCCOc1cc([N+](=O)[O-])ccc1C#N. The first-order chi connectivity index (χ1) is 9.62. The maximum Gasteiger partial charge on any atom is 0.273 e. The van der Waals surface area contributed by atoms with Crippen molar-refractivity contribution in [3.63, 3.8) is 0 Å². The Morgan fingerprint density at radius 2 is 2.10 bits per heavy atom. The molecule has 0 bridgehead atoms. The summed E-state index contributed by atoms with van der Waals surface area (Å²) in [6, 6.07) is 6.00. The van der Waals surface area contributed by atoms with Gasteiger partial charge in [-0.25, -0.2) is 0 Å². The Labute approximate surface area is 118 Å². The molecule has 0 fully saturated rings. The summed E-state index contributed by atoms with van der Waals surface area (Å²) in [5.41, 5.74) is 0.251. The Morgan fingerprint density at radius 1 is 1.40 bits per heavy atom. The lowest BCUT2D eigenvalue weighted by molar-refractivity contribution is -0.384. The van der Waals surface area contributed by atoms with Gasteiger partial charge in [-0.1, -0.05) is 13.8 Å². The minimum absolute atomic E-state index is 0.0669. The van der Waals surface area contributed by atoms with Crippen LogP contribution in [0.25, 0.3) is 0 Å². The topological polar surface area (TPSA) is 79.4 Å². The van der Waals surface area contributed by atoms with Gasteiger partial charge in [-0.3, -0.25) is 10.1 Å². The van der Waals surface area contributed by atoms with Crippen molar-refractivity contribution in [2.75, 3.05) is 26.2 Å². The number of nitro benzene ring substituents is 1. The lowest BCUT2D eigenvalue weighted by Gasteiger charge is -2.17. The fraction of sp³-hybridized carbons (Fsp3) is 0.500. The zero-order valence-corrected chi connectivity index (χ0v) is 11.8. The number of hydrogen-bond acceptors (Lipinski definition) is 5. The van der Waals surface area contributed by atoms with Crippen molar-refractivity contribution in [1.82, 2.24) is 4.90 Å². The number of ether oxygens (including phenoxy) is 1. The molecule has 0 spiro atoms. The quantitative estimate of drug-likeness (QED) is 0.414. The molecule has 1 rings (SSSR count). The van der Waals surface area contributed by atoms with Crippen LogP contribution in [0.5, 0.6) is 5.75 Å². The van der Waals surface area contributed by atoms with Gasteiger partial charge in [0.1, 0.15) is 11.8 Å². The van der Waals surface area contributed by atoms with Gasteiger partial charge < -0.3 is 9.64 Å². The minimum atomic E-state index is -0.496. The molecule has 0 aliphatic heterocycles. The van der Waals surface area contributed by atoms with Crippen LogP contribution in [-0.2, 0) is 0 Å². The highest BCUT2D eigenvalue weighted by Crippen LogP contribution is 2.24. The van der Waals surface area contributed by atoms with E-state index in [9.17, 15) is 10.1 Å². The first-order valence-corrected chi connectivity index (χ1v) is 6.66. The van der Waals surface area contributed by atoms with Gasteiger partial charge in [0, 0.05) is 12.6 Å². The van der Waals surface area contributed by atoms with Crippen LogP contribution in [0.1, 0.15) is 25.8 Å². The zero-order chi connectivity index (χ0) is 15.0. The standard InChI is InChI=1S/C14H19N3O3/c1-3-16(4-2)8-5-9-20-14-10-13(17(18)19)7-6-12(14)11-15/h6-7,10H,3-5,8-9H2,1-2H3. The molecular weight excluding hydrogens is 258 g/mol. The van der Waals surface area contributed by atoms with Crippen molar-refractivity contribution in [2.45, 2.75) is 20.3 Å². The van der Waals surface area contributed by atoms with Crippen LogP contribution in [0.3, 0.4) is 0 Å². The number of rotatable bonds is 8. The predicted molar refractivity (Wildman–Crippen MR) is 75.7 cm³/mol. The summed E-state index contributed by atoms with van der Waals surface area (Å²) in [7, 11) is 0. The summed E-state index contributed by atoms with van der Waals surface area (Å²) < 4.78 is 5.50. The molecule has 0 aliphatic rings. The molecule has 0 radical (unpaired) electrons. The van der Waals surface area contributed by atoms with Gasteiger partial charge in [0.25, 0.3) is 5.69 Å². The first kappa shape index (κ1) is 15.9. The van der Waals surface area contributed by atoms with Crippen molar-refractivity contribution < 1.29 is 9.66 Å². The molecule has 0 unspecified atom stereocenters. The lowest BCUT2D eigenvalue weighted by Crippen LogP contribution is -2.25. The summed E-state index contributed by atoms with van der Waals surface area (Å²) in [6.07, 6.45) is 0.815. The van der Waals surface area contributed by atoms with E-state index in [0.717, 1.165) is 26.1 Å². The highest BCUT2D eigenvalue weighted by atomic mass is 16.6. The third kappa shape index (κ3) is 4.52. The minimum Gasteiger partial charge on any atom is -0.492 e. The highest BCUT2D eigenvalue weighted by molar-refractivity contribution is 5.49. The van der Waals surface area contributed by atoms with Gasteiger partial charge in [0.05, 0.1) is 23.2 Å². The molecule has 0 amide bonds. The molecule has 0 atom stereocenters. The van der Waals surface area contributed by atoms with E-state index in [4.69, 9.17) is 10.00 Å². The van der Waals surface area contributed by atoms with Gasteiger partial charge in [-0.2, -0.15) is 5.26 Å². The van der Waals surface area contributed by atoms with Crippen LogP contribution in [0, 0.1) is 21.4 Å². The predicted octanol–water partition coefficient (Wildman–Crippen LogP) is 2.58. The fourth-order valence-electron chi connectivity index (χ4n) is 1.85. The summed E-state index contributed by atoms with van der Waals surface area (Å²) in [5, 5.41) is 19.7.